The van der Waals surface area contributed by atoms with Crippen molar-refractivity contribution < 1.29 is 9.32 Å². The third-order valence-corrected chi connectivity index (χ3v) is 4.40. The van der Waals surface area contributed by atoms with Gasteiger partial charge in [0, 0.05) is 17.8 Å². The number of nitrogens with one attached hydrogen (secondary N) is 1. The van der Waals surface area contributed by atoms with Crippen LogP contribution < -0.4 is 5.32 Å². The zero-order valence-corrected chi connectivity index (χ0v) is 13.1. The standard InChI is InChI=1S/C19H17N3O2/c23-18(21-13-15-8-4-5-11-20-15)19(9-10-19)17-12-16(24-22-17)14-6-2-1-3-7-14/h1-8,11-12H,9-10,13H2,(H,21,23). The zero-order chi connectivity index (χ0) is 16.4. The molecule has 0 bridgehead atoms. The highest BCUT2D eigenvalue weighted by molar-refractivity contribution is 5.90. The van der Waals surface area contributed by atoms with Crippen LogP contribution in [-0.4, -0.2) is 16.0 Å². The van der Waals surface area contributed by atoms with E-state index in [2.05, 4.69) is 15.5 Å². The highest BCUT2D eigenvalue weighted by Crippen LogP contribution is 2.48. The molecule has 1 saturated carbocycles. The predicted octanol–water partition coefficient (Wildman–Crippen LogP) is 3.08. The van der Waals surface area contributed by atoms with Gasteiger partial charge < -0.3 is 9.84 Å². The lowest BCUT2D eigenvalue weighted by Gasteiger charge is -2.12. The molecule has 5 heteroatoms. The summed E-state index contributed by atoms with van der Waals surface area (Å²) >= 11 is 0. The van der Waals surface area contributed by atoms with Crippen LogP contribution >= 0.6 is 0 Å². The molecule has 1 aliphatic rings. The summed E-state index contributed by atoms with van der Waals surface area (Å²) in [6, 6.07) is 17.3. The Hall–Kier alpha value is -2.95. The smallest absolute Gasteiger partial charge is 0.232 e. The third kappa shape index (κ3) is 2.69. The quantitative estimate of drug-likeness (QED) is 0.784. The van der Waals surface area contributed by atoms with E-state index in [1.807, 2.05) is 54.6 Å². The lowest BCUT2D eigenvalue weighted by Crippen LogP contribution is -2.34. The molecule has 0 aliphatic heterocycles. The van der Waals surface area contributed by atoms with E-state index in [0.717, 1.165) is 24.1 Å². The number of rotatable bonds is 5. The molecule has 0 radical (unpaired) electrons. The molecule has 1 aliphatic carbocycles. The first-order chi connectivity index (χ1) is 11.8. The topological polar surface area (TPSA) is 68.0 Å². The lowest BCUT2D eigenvalue weighted by molar-refractivity contribution is -0.123. The Labute approximate surface area is 139 Å². The molecule has 0 atom stereocenters. The fourth-order valence-corrected chi connectivity index (χ4v) is 2.81. The van der Waals surface area contributed by atoms with Crippen LogP contribution in [0.5, 0.6) is 0 Å². The molecular weight excluding hydrogens is 302 g/mol. The molecule has 5 nitrogen and oxygen atoms in total. The van der Waals surface area contributed by atoms with Crippen LogP contribution in [-0.2, 0) is 16.8 Å². The average molecular weight is 319 g/mol. The summed E-state index contributed by atoms with van der Waals surface area (Å²) in [6.07, 6.45) is 3.31. The monoisotopic (exact) mass is 319 g/mol. The van der Waals surface area contributed by atoms with Gasteiger partial charge in [0.2, 0.25) is 5.91 Å². The number of aromatic nitrogens is 2. The molecular formula is C19H17N3O2. The van der Waals surface area contributed by atoms with Crippen molar-refractivity contribution in [3.8, 4) is 11.3 Å². The van der Waals surface area contributed by atoms with Gasteiger partial charge in [-0.25, -0.2) is 0 Å². The van der Waals surface area contributed by atoms with Gasteiger partial charge in [0.05, 0.1) is 23.3 Å². The van der Waals surface area contributed by atoms with E-state index in [9.17, 15) is 4.79 Å². The Morgan fingerprint density at radius 3 is 2.62 bits per heavy atom. The maximum Gasteiger partial charge on any atom is 0.232 e. The minimum absolute atomic E-state index is 0.0129. The van der Waals surface area contributed by atoms with Crippen LogP contribution in [0, 0.1) is 0 Å². The first kappa shape index (κ1) is 14.6. The van der Waals surface area contributed by atoms with Crippen molar-refractivity contribution in [1.29, 1.82) is 0 Å². The van der Waals surface area contributed by atoms with Crippen LogP contribution in [0.15, 0.2) is 65.3 Å². The third-order valence-electron chi connectivity index (χ3n) is 4.40. The van der Waals surface area contributed by atoms with Crippen molar-refractivity contribution >= 4 is 5.91 Å². The summed E-state index contributed by atoms with van der Waals surface area (Å²) in [6.45, 7) is 0.421. The molecule has 2 aromatic heterocycles. The second kappa shape index (κ2) is 5.92. The summed E-state index contributed by atoms with van der Waals surface area (Å²) in [5, 5.41) is 7.12. The number of benzene rings is 1. The first-order valence-corrected chi connectivity index (χ1v) is 7.99. The van der Waals surface area contributed by atoms with Crippen molar-refractivity contribution in [3.63, 3.8) is 0 Å². The van der Waals surface area contributed by atoms with Crippen molar-refractivity contribution in [2.45, 2.75) is 24.8 Å². The Bertz CT molecular complexity index is 839. The van der Waals surface area contributed by atoms with Crippen LogP contribution in [0.4, 0.5) is 0 Å². The van der Waals surface area contributed by atoms with Crippen LogP contribution in [0.2, 0.25) is 0 Å². The van der Waals surface area contributed by atoms with Gasteiger partial charge in [0.15, 0.2) is 5.76 Å². The van der Waals surface area contributed by atoms with Gasteiger partial charge in [-0.1, -0.05) is 41.6 Å². The fourth-order valence-electron chi connectivity index (χ4n) is 2.81. The summed E-state index contributed by atoms with van der Waals surface area (Å²) < 4.78 is 5.45. The van der Waals surface area contributed by atoms with Gasteiger partial charge in [-0.3, -0.25) is 9.78 Å². The SMILES string of the molecule is O=C(NCc1ccccn1)C1(c2cc(-c3ccccc3)on2)CC1. The molecule has 0 spiro atoms. The Balaban J connectivity index is 1.49. The van der Waals surface area contributed by atoms with Gasteiger partial charge >= 0.3 is 0 Å². The molecule has 120 valence electrons. The van der Waals surface area contributed by atoms with Gasteiger partial charge in [-0.2, -0.15) is 0 Å². The van der Waals surface area contributed by atoms with E-state index in [0.29, 0.717) is 18.0 Å². The molecule has 1 fully saturated rings. The Morgan fingerprint density at radius 1 is 1.12 bits per heavy atom. The minimum Gasteiger partial charge on any atom is -0.356 e. The van der Waals surface area contributed by atoms with Gasteiger partial charge in [-0.05, 0) is 25.0 Å². The van der Waals surface area contributed by atoms with Crippen molar-refractivity contribution in [2.24, 2.45) is 0 Å². The number of carbonyl (C=O) groups excluding carboxylic acids is 1. The van der Waals surface area contributed by atoms with E-state index < -0.39 is 5.41 Å². The van der Waals surface area contributed by atoms with Crippen LogP contribution in [0.1, 0.15) is 24.2 Å². The van der Waals surface area contributed by atoms with Gasteiger partial charge in [-0.15, -0.1) is 0 Å². The summed E-state index contributed by atoms with van der Waals surface area (Å²) in [7, 11) is 0. The Kier molecular flexibility index (Phi) is 3.61. The highest BCUT2D eigenvalue weighted by atomic mass is 16.5. The lowest BCUT2D eigenvalue weighted by atomic mass is 10.0. The molecule has 1 amide bonds. The predicted molar refractivity (Wildman–Crippen MR) is 88.9 cm³/mol. The van der Waals surface area contributed by atoms with E-state index in [1.165, 1.54) is 0 Å². The maximum atomic E-state index is 12.6. The van der Waals surface area contributed by atoms with Crippen LogP contribution in [0.25, 0.3) is 11.3 Å². The molecule has 1 N–H and O–H groups in total. The highest BCUT2D eigenvalue weighted by Gasteiger charge is 2.53. The second-order valence-corrected chi connectivity index (χ2v) is 6.03. The summed E-state index contributed by atoms with van der Waals surface area (Å²) in [5.41, 5.74) is 1.96. The number of hydrogen-bond donors (Lipinski definition) is 1. The van der Waals surface area contributed by atoms with E-state index in [1.54, 1.807) is 6.20 Å². The van der Waals surface area contributed by atoms with Gasteiger partial charge in [0.1, 0.15) is 0 Å². The Morgan fingerprint density at radius 2 is 1.92 bits per heavy atom. The number of pyridine rings is 1. The summed E-state index contributed by atoms with van der Waals surface area (Å²) in [5.74, 6) is 0.676. The normalized spacial score (nSPS) is 15.0. The van der Waals surface area contributed by atoms with E-state index in [4.69, 9.17) is 4.52 Å². The first-order valence-electron chi connectivity index (χ1n) is 7.99. The molecule has 2 heterocycles. The zero-order valence-electron chi connectivity index (χ0n) is 13.1. The fraction of sp³-hybridized carbons (Fsp3) is 0.211. The van der Waals surface area contributed by atoms with E-state index >= 15 is 0 Å². The molecule has 1 aromatic carbocycles. The summed E-state index contributed by atoms with van der Waals surface area (Å²) in [4.78, 5) is 16.8. The second-order valence-electron chi connectivity index (χ2n) is 6.03. The van der Waals surface area contributed by atoms with Crippen molar-refractivity contribution in [2.75, 3.05) is 0 Å². The number of carbonyl (C=O) groups is 1. The van der Waals surface area contributed by atoms with E-state index in [-0.39, 0.29) is 5.91 Å². The molecule has 4 rings (SSSR count). The van der Waals surface area contributed by atoms with Gasteiger partial charge in [0.25, 0.3) is 0 Å². The van der Waals surface area contributed by atoms with Crippen molar-refractivity contribution in [3.05, 3.63) is 72.2 Å². The largest absolute Gasteiger partial charge is 0.356 e. The molecule has 0 unspecified atom stereocenters. The number of amides is 1. The van der Waals surface area contributed by atoms with Crippen LogP contribution in [0.3, 0.4) is 0 Å². The molecule has 24 heavy (non-hydrogen) atoms. The number of nitrogens with zero attached hydrogens (tertiary/aromatic N) is 2. The average Bonchev–Trinajstić information content (AvgIpc) is 3.31. The molecule has 3 aromatic rings. The maximum absolute atomic E-state index is 12.6. The number of hydrogen-bond acceptors (Lipinski definition) is 4. The minimum atomic E-state index is -0.550. The van der Waals surface area contributed by atoms with Crippen molar-refractivity contribution in [1.82, 2.24) is 15.5 Å². The molecule has 0 saturated heterocycles.